The van der Waals surface area contributed by atoms with Gasteiger partial charge in [-0.25, -0.2) is 0 Å². The minimum Gasteiger partial charge on any atom is -0.507 e. The molecule has 148 valence electrons. The lowest BCUT2D eigenvalue weighted by atomic mass is 9.99. The molecule has 1 unspecified atom stereocenters. The number of halogens is 1. The summed E-state index contributed by atoms with van der Waals surface area (Å²) in [4.78, 5) is 26.8. The van der Waals surface area contributed by atoms with Crippen LogP contribution in [0.5, 0.6) is 5.75 Å². The van der Waals surface area contributed by atoms with E-state index in [1.807, 2.05) is 0 Å². The fraction of sp³-hybridized carbons (Fsp3) is 0.300. The van der Waals surface area contributed by atoms with Crippen LogP contribution in [0, 0.1) is 0 Å². The van der Waals surface area contributed by atoms with Crippen molar-refractivity contribution in [3.8, 4) is 5.75 Å². The third kappa shape index (κ3) is 3.63. The van der Waals surface area contributed by atoms with Crippen LogP contribution in [0.3, 0.4) is 0 Å². The molecule has 0 radical (unpaired) electrons. The lowest BCUT2D eigenvalue weighted by molar-refractivity contribution is -0.140. The Morgan fingerprint density at radius 3 is 2.71 bits per heavy atom. The molecule has 1 aromatic heterocycles. The molecule has 1 aromatic carbocycles. The molecule has 1 atom stereocenters. The van der Waals surface area contributed by atoms with Crippen molar-refractivity contribution in [3.05, 3.63) is 58.5 Å². The molecule has 7 nitrogen and oxygen atoms in total. The van der Waals surface area contributed by atoms with Crippen molar-refractivity contribution in [2.75, 3.05) is 27.4 Å². The number of ether oxygens (including phenoxy) is 2. The van der Waals surface area contributed by atoms with E-state index in [0.717, 1.165) is 0 Å². The Hall–Kier alpha value is -2.77. The smallest absolute Gasteiger partial charge is 0.295 e. The summed E-state index contributed by atoms with van der Waals surface area (Å²) in [5.41, 5.74) is 0.273. The molecule has 0 spiro atoms. The molecule has 1 fully saturated rings. The highest BCUT2D eigenvalue weighted by Crippen LogP contribution is 2.40. The van der Waals surface area contributed by atoms with Gasteiger partial charge >= 0.3 is 0 Å². The van der Waals surface area contributed by atoms with Crippen LogP contribution in [0.15, 0.2) is 46.6 Å². The fourth-order valence-electron chi connectivity index (χ4n) is 3.20. The number of nitrogens with zero attached hydrogens (tertiary/aromatic N) is 1. The van der Waals surface area contributed by atoms with Gasteiger partial charge in [0.1, 0.15) is 23.3 Å². The van der Waals surface area contributed by atoms with Crippen LogP contribution < -0.4 is 4.74 Å². The topological polar surface area (TPSA) is 89.2 Å². The molecule has 1 aliphatic heterocycles. The van der Waals surface area contributed by atoms with Gasteiger partial charge in [0.2, 0.25) is 0 Å². The quantitative estimate of drug-likeness (QED) is 0.328. The van der Waals surface area contributed by atoms with Crippen LogP contribution in [-0.4, -0.2) is 49.1 Å². The van der Waals surface area contributed by atoms with Crippen LogP contribution in [0.1, 0.15) is 23.8 Å². The Kier molecular flexibility index (Phi) is 6.06. The Labute approximate surface area is 167 Å². The van der Waals surface area contributed by atoms with E-state index in [1.54, 1.807) is 31.4 Å². The molecule has 28 heavy (non-hydrogen) atoms. The predicted octanol–water partition coefficient (Wildman–Crippen LogP) is 3.40. The maximum absolute atomic E-state index is 12.8. The van der Waals surface area contributed by atoms with E-state index < -0.39 is 17.7 Å². The van der Waals surface area contributed by atoms with E-state index >= 15 is 0 Å². The minimum atomic E-state index is -0.825. The maximum atomic E-state index is 12.8. The largest absolute Gasteiger partial charge is 0.507 e. The average molecular weight is 406 g/mol. The number of aliphatic hydroxyl groups excluding tert-OH is 1. The number of ketones is 1. The summed E-state index contributed by atoms with van der Waals surface area (Å²) in [6.45, 7) is 0.715. The van der Waals surface area contributed by atoms with E-state index in [2.05, 4.69) is 0 Å². The molecule has 8 heteroatoms. The lowest BCUT2D eigenvalue weighted by Crippen LogP contribution is -2.31. The summed E-state index contributed by atoms with van der Waals surface area (Å²) in [5.74, 6) is -1.05. The molecule has 0 aliphatic carbocycles. The molecule has 1 aliphatic rings. The van der Waals surface area contributed by atoms with Crippen LogP contribution in [0.2, 0.25) is 5.02 Å². The maximum Gasteiger partial charge on any atom is 0.295 e. The predicted molar refractivity (Wildman–Crippen MR) is 102 cm³/mol. The second-order valence-electron chi connectivity index (χ2n) is 6.20. The summed E-state index contributed by atoms with van der Waals surface area (Å²) in [6, 6.07) is 7.11. The van der Waals surface area contributed by atoms with Crippen molar-refractivity contribution < 1.29 is 28.6 Å². The van der Waals surface area contributed by atoms with Gasteiger partial charge in [-0.15, -0.1) is 0 Å². The molecule has 1 N–H and O–H groups in total. The molecular formula is C20H20ClNO6. The summed E-state index contributed by atoms with van der Waals surface area (Å²) >= 11 is 6.04. The normalized spacial score (nSPS) is 18.7. The van der Waals surface area contributed by atoms with Gasteiger partial charge < -0.3 is 23.9 Å². The SMILES string of the molecule is COCCCN1C(=O)C(=O)/C(=C(\O)c2ccc(Cl)c(OC)c2)C1c1ccco1. The van der Waals surface area contributed by atoms with Gasteiger partial charge in [-0.05, 0) is 36.8 Å². The number of carbonyl (C=O) groups excluding carboxylic acids is 2. The number of benzene rings is 1. The van der Waals surface area contributed by atoms with E-state index in [4.69, 9.17) is 25.5 Å². The molecule has 3 rings (SSSR count). The summed E-state index contributed by atoms with van der Waals surface area (Å²) in [5, 5.41) is 11.3. The van der Waals surface area contributed by atoms with Gasteiger partial charge in [-0.2, -0.15) is 0 Å². The molecular weight excluding hydrogens is 386 g/mol. The van der Waals surface area contributed by atoms with E-state index in [0.29, 0.717) is 35.1 Å². The monoisotopic (exact) mass is 405 g/mol. The Balaban J connectivity index is 2.09. The number of likely N-dealkylation sites (tertiary alicyclic amines) is 1. The van der Waals surface area contributed by atoms with Crippen molar-refractivity contribution in [3.63, 3.8) is 0 Å². The van der Waals surface area contributed by atoms with E-state index in [1.165, 1.54) is 24.3 Å². The number of hydrogen-bond acceptors (Lipinski definition) is 6. The van der Waals surface area contributed by atoms with Crippen molar-refractivity contribution in [2.24, 2.45) is 0 Å². The number of rotatable bonds is 7. The van der Waals surface area contributed by atoms with Crippen LogP contribution >= 0.6 is 11.6 Å². The number of hydrogen-bond donors (Lipinski definition) is 1. The van der Waals surface area contributed by atoms with Crippen LogP contribution in [-0.2, 0) is 14.3 Å². The highest BCUT2D eigenvalue weighted by atomic mass is 35.5. The van der Waals surface area contributed by atoms with Crippen molar-refractivity contribution in [2.45, 2.75) is 12.5 Å². The Bertz CT molecular complexity index is 905. The summed E-state index contributed by atoms with van der Waals surface area (Å²) in [6.07, 6.45) is 1.99. The number of methoxy groups -OCH3 is 2. The second kappa shape index (κ2) is 8.50. The fourth-order valence-corrected chi connectivity index (χ4v) is 3.39. The van der Waals surface area contributed by atoms with Crippen LogP contribution in [0.4, 0.5) is 0 Å². The number of amides is 1. The zero-order valence-electron chi connectivity index (χ0n) is 15.5. The second-order valence-corrected chi connectivity index (χ2v) is 6.61. The molecule has 1 amide bonds. The Morgan fingerprint density at radius 1 is 1.29 bits per heavy atom. The minimum absolute atomic E-state index is 0.0401. The summed E-state index contributed by atoms with van der Waals surface area (Å²) in [7, 11) is 3.01. The molecule has 1 saturated heterocycles. The number of carbonyl (C=O) groups is 2. The summed E-state index contributed by atoms with van der Waals surface area (Å²) < 4.78 is 15.7. The highest BCUT2D eigenvalue weighted by molar-refractivity contribution is 6.46. The number of aliphatic hydroxyl groups is 1. The molecule has 2 aromatic rings. The Morgan fingerprint density at radius 2 is 2.07 bits per heavy atom. The van der Waals surface area contributed by atoms with E-state index in [9.17, 15) is 14.7 Å². The van der Waals surface area contributed by atoms with E-state index in [-0.39, 0.29) is 17.9 Å². The first kappa shape index (κ1) is 20.0. The third-order valence-corrected chi connectivity index (χ3v) is 4.84. The number of furan rings is 1. The molecule has 0 bridgehead atoms. The van der Waals surface area contributed by atoms with Gasteiger partial charge in [-0.3, -0.25) is 9.59 Å². The van der Waals surface area contributed by atoms with Gasteiger partial charge in [-0.1, -0.05) is 11.6 Å². The first-order valence-corrected chi connectivity index (χ1v) is 9.02. The van der Waals surface area contributed by atoms with Crippen LogP contribution in [0.25, 0.3) is 5.76 Å². The first-order valence-electron chi connectivity index (χ1n) is 8.64. The van der Waals surface area contributed by atoms with Gasteiger partial charge in [0.15, 0.2) is 0 Å². The average Bonchev–Trinajstić information content (AvgIpc) is 3.30. The van der Waals surface area contributed by atoms with Gasteiger partial charge in [0.25, 0.3) is 11.7 Å². The lowest BCUT2D eigenvalue weighted by Gasteiger charge is -2.23. The van der Waals surface area contributed by atoms with Gasteiger partial charge in [0.05, 0.1) is 24.0 Å². The standard InChI is InChI=1S/C20H20ClNO6/c1-26-9-4-8-22-17(14-5-3-10-28-14)16(19(24)20(22)25)18(23)12-6-7-13(21)15(11-12)27-2/h3,5-7,10-11,17,23H,4,8-9H2,1-2H3/b18-16-. The third-order valence-electron chi connectivity index (χ3n) is 4.52. The molecule has 0 saturated carbocycles. The zero-order chi connectivity index (χ0) is 20.3. The zero-order valence-corrected chi connectivity index (χ0v) is 16.2. The highest BCUT2D eigenvalue weighted by Gasteiger charge is 2.47. The van der Waals surface area contributed by atoms with Crippen molar-refractivity contribution >= 4 is 29.1 Å². The molecule has 2 heterocycles. The van der Waals surface area contributed by atoms with Crippen molar-refractivity contribution in [1.29, 1.82) is 0 Å². The first-order chi connectivity index (χ1) is 13.5. The van der Waals surface area contributed by atoms with Gasteiger partial charge in [0, 0.05) is 25.8 Å². The van der Waals surface area contributed by atoms with Crippen molar-refractivity contribution in [1.82, 2.24) is 4.90 Å². The number of Topliss-reactive ketones (excluding diaryl/α,β-unsaturated/α-hetero) is 1.